The van der Waals surface area contributed by atoms with E-state index >= 15 is 0 Å². The molecule has 1 heterocycles. The number of halogens is 2. The zero-order chi connectivity index (χ0) is 28.0. The van der Waals surface area contributed by atoms with Crippen molar-refractivity contribution in [3.05, 3.63) is 68.0 Å². The lowest BCUT2D eigenvalue weighted by Crippen LogP contribution is -2.13. The van der Waals surface area contributed by atoms with Crippen LogP contribution < -0.4 is 10.1 Å². The van der Waals surface area contributed by atoms with E-state index in [-0.39, 0.29) is 33.2 Å². The van der Waals surface area contributed by atoms with E-state index in [2.05, 4.69) is 31.1 Å². The number of methoxy groups -OCH3 is 1. The number of para-hydroxylation sites is 1. The number of amides is 1. The molecular formula is C28H30Cl2N2O5S. The fraction of sp³-hybridized carbons (Fsp3) is 0.321. The fourth-order valence-corrected chi connectivity index (χ4v) is 5.15. The Bertz CT molecular complexity index is 1330. The van der Waals surface area contributed by atoms with Crippen molar-refractivity contribution in [2.24, 2.45) is 5.92 Å². The van der Waals surface area contributed by atoms with Crippen molar-refractivity contribution < 1.29 is 24.2 Å². The first-order chi connectivity index (χ1) is 18.1. The van der Waals surface area contributed by atoms with Crippen LogP contribution in [0.25, 0.3) is 17.3 Å². The molecule has 3 aromatic rings. The highest BCUT2D eigenvalue weighted by Gasteiger charge is 2.24. The lowest BCUT2D eigenvalue weighted by atomic mass is 9.95. The number of hydrogen-bond acceptors (Lipinski definition) is 6. The van der Waals surface area contributed by atoms with E-state index in [1.807, 2.05) is 23.6 Å². The largest absolute Gasteiger partial charge is 0.496 e. The number of aliphatic carboxylic acids is 1. The molecule has 0 unspecified atom stereocenters. The number of ether oxygens (including phenoxy) is 2. The summed E-state index contributed by atoms with van der Waals surface area (Å²) in [6, 6.07) is 8.74. The van der Waals surface area contributed by atoms with Crippen LogP contribution in [0.2, 0.25) is 10.0 Å². The topological polar surface area (TPSA) is 97.8 Å². The van der Waals surface area contributed by atoms with Crippen LogP contribution in [0.1, 0.15) is 61.7 Å². The maximum Gasteiger partial charge on any atom is 0.331 e. The van der Waals surface area contributed by atoms with Crippen LogP contribution in [0.4, 0.5) is 5.13 Å². The van der Waals surface area contributed by atoms with Crippen LogP contribution in [0.5, 0.6) is 5.75 Å². The number of benzene rings is 2. The number of carboxylic acids is 1. The molecule has 2 aromatic carbocycles. The van der Waals surface area contributed by atoms with Crippen LogP contribution in [0, 0.1) is 5.92 Å². The summed E-state index contributed by atoms with van der Waals surface area (Å²) in [5.41, 5.74) is 3.01. The van der Waals surface area contributed by atoms with Gasteiger partial charge in [0.1, 0.15) is 5.75 Å². The number of hydrogen-bond donors (Lipinski definition) is 2. The van der Waals surface area contributed by atoms with Gasteiger partial charge in [0.2, 0.25) is 0 Å². The molecule has 0 bridgehead atoms. The van der Waals surface area contributed by atoms with Crippen molar-refractivity contribution in [3.63, 3.8) is 0 Å². The van der Waals surface area contributed by atoms with Crippen molar-refractivity contribution in [1.82, 2.24) is 4.98 Å². The Morgan fingerprint density at radius 3 is 2.47 bits per heavy atom. The van der Waals surface area contributed by atoms with E-state index in [9.17, 15) is 9.59 Å². The molecule has 3 rings (SSSR count). The molecule has 0 spiro atoms. The van der Waals surface area contributed by atoms with Gasteiger partial charge in [-0.2, -0.15) is 0 Å². The Morgan fingerprint density at radius 2 is 1.89 bits per heavy atom. The van der Waals surface area contributed by atoms with Crippen LogP contribution in [-0.4, -0.2) is 35.7 Å². The summed E-state index contributed by atoms with van der Waals surface area (Å²) in [6.07, 6.45) is 2.15. The van der Waals surface area contributed by atoms with Crippen molar-refractivity contribution in [1.29, 1.82) is 0 Å². The predicted molar refractivity (Wildman–Crippen MR) is 154 cm³/mol. The molecule has 0 aliphatic rings. The van der Waals surface area contributed by atoms with E-state index in [1.54, 1.807) is 7.11 Å². The quantitative estimate of drug-likeness (QED) is 0.224. The first-order valence-electron chi connectivity index (χ1n) is 12.0. The smallest absolute Gasteiger partial charge is 0.331 e. The second-order valence-electron chi connectivity index (χ2n) is 8.94. The van der Waals surface area contributed by atoms with Crippen LogP contribution in [0.15, 0.2) is 41.3 Å². The molecule has 1 atom stereocenters. The molecular weight excluding hydrogens is 547 g/mol. The number of rotatable bonds is 11. The number of carbonyl (C=O) groups is 2. The minimum atomic E-state index is -1.09. The standard InChI is InChI=1S/C28H30Cl2N2O5S/c1-6-10-37-24(15(2)3)19-9-7-8-18(25(19)36-5)23-14-38-28(31-23)32-26(33)17-12-21(29)20(22(30)13-17)11-16(4)27(34)35/h7-9,11-15,24H,6,10H2,1-5H3,(H,34,35)(H,31,32,33)/b16-11+/t24-/m0/s1. The van der Waals surface area contributed by atoms with Gasteiger partial charge in [-0.25, -0.2) is 9.78 Å². The van der Waals surface area contributed by atoms with E-state index in [4.69, 9.17) is 37.8 Å². The highest BCUT2D eigenvalue weighted by atomic mass is 35.5. The molecule has 0 fully saturated rings. The van der Waals surface area contributed by atoms with Crippen molar-refractivity contribution in [2.45, 2.75) is 40.2 Å². The number of nitrogens with zero attached hydrogens (tertiary/aromatic N) is 1. The minimum Gasteiger partial charge on any atom is -0.496 e. The van der Waals surface area contributed by atoms with Gasteiger partial charge in [-0.05, 0) is 43.5 Å². The van der Waals surface area contributed by atoms with Crippen LogP contribution in [0.3, 0.4) is 0 Å². The van der Waals surface area contributed by atoms with Gasteiger partial charge in [0, 0.05) is 39.8 Å². The summed E-state index contributed by atoms with van der Waals surface area (Å²) >= 11 is 13.9. The molecule has 0 saturated carbocycles. The average molecular weight is 578 g/mol. The van der Waals surface area contributed by atoms with Crippen molar-refractivity contribution in [3.8, 4) is 17.0 Å². The van der Waals surface area contributed by atoms with Crippen molar-refractivity contribution in [2.75, 3.05) is 19.0 Å². The van der Waals surface area contributed by atoms with Gasteiger partial charge in [0.25, 0.3) is 5.91 Å². The number of nitrogens with one attached hydrogen (secondary N) is 1. The number of anilines is 1. The summed E-state index contributed by atoms with van der Waals surface area (Å²) in [6.45, 7) is 8.37. The molecule has 0 aliphatic carbocycles. The van der Waals surface area contributed by atoms with Gasteiger partial charge in [-0.1, -0.05) is 56.1 Å². The number of carbonyl (C=O) groups excluding carboxylic acids is 1. The molecule has 10 heteroatoms. The highest BCUT2D eigenvalue weighted by Crippen LogP contribution is 2.40. The Morgan fingerprint density at radius 1 is 1.21 bits per heavy atom. The predicted octanol–water partition coefficient (Wildman–Crippen LogP) is 7.99. The van der Waals surface area contributed by atoms with E-state index in [1.165, 1.54) is 36.5 Å². The third kappa shape index (κ3) is 6.94. The van der Waals surface area contributed by atoms with E-state index in [0.717, 1.165) is 17.5 Å². The molecule has 0 aliphatic heterocycles. The molecule has 38 heavy (non-hydrogen) atoms. The van der Waals surface area contributed by atoms with Gasteiger partial charge in [-0.3, -0.25) is 10.1 Å². The second kappa shape index (κ2) is 13.2. The Hall–Kier alpha value is -2.91. The highest BCUT2D eigenvalue weighted by molar-refractivity contribution is 7.14. The number of aromatic nitrogens is 1. The fourth-order valence-electron chi connectivity index (χ4n) is 3.85. The van der Waals surface area contributed by atoms with Gasteiger partial charge in [0.05, 0.1) is 29.0 Å². The molecule has 202 valence electrons. The molecule has 1 aromatic heterocycles. The normalized spacial score (nSPS) is 12.5. The van der Waals surface area contributed by atoms with E-state index in [0.29, 0.717) is 28.7 Å². The van der Waals surface area contributed by atoms with Crippen LogP contribution >= 0.6 is 34.5 Å². The summed E-state index contributed by atoms with van der Waals surface area (Å²) in [7, 11) is 1.62. The van der Waals surface area contributed by atoms with Crippen molar-refractivity contribution >= 4 is 57.6 Å². The monoisotopic (exact) mass is 576 g/mol. The maximum atomic E-state index is 12.9. The lowest BCUT2D eigenvalue weighted by Gasteiger charge is -2.24. The van der Waals surface area contributed by atoms with Gasteiger partial charge in [0.15, 0.2) is 5.13 Å². The van der Waals surface area contributed by atoms with E-state index < -0.39 is 11.9 Å². The SMILES string of the molecule is CCCO[C@H](c1cccc(-c2csc(NC(=O)c3cc(Cl)c(/C=C(\C)C(=O)O)c(Cl)c3)n2)c1OC)C(C)C. The Kier molecular flexibility index (Phi) is 10.3. The number of carboxylic acid groups (broad SMARTS) is 1. The second-order valence-corrected chi connectivity index (χ2v) is 10.6. The lowest BCUT2D eigenvalue weighted by molar-refractivity contribution is -0.132. The molecule has 0 saturated heterocycles. The molecule has 1 amide bonds. The Balaban J connectivity index is 1.87. The molecule has 2 N–H and O–H groups in total. The summed E-state index contributed by atoms with van der Waals surface area (Å²) < 4.78 is 11.9. The molecule has 0 radical (unpaired) electrons. The average Bonchev–Trinajstić information content (AvgIpc) is 3.33. The first-order valence-corrected chi connectivity index (χ1v) is 13.7. The van der Waals surface area contributed by atoms with Gasteiger partial charge >= 0.3 is 5.97 Å². The Labute approximate surface area is 236 Å². The minimum absolute atomic E-state index is 0.0671. The summed E-state index contributed by atoms with van der Waals surface area (Å²) in [4.78, 5) is 28.7. The first kappa shape index (κ1) is 29.6. The number of thiazole rings is 1. The van der Waals surface area contributed by atoms with Crippen LogP contribution in [-0.2, 0) is 9.53 Å². The van der Waals surface area contributed by atoms with Gasteiger partial charge in [-0.15, -0.1) is 11.3 Å². The third-order valence-corrected chi connectivity index (χ3v) is 7.09. The maximum absolute atomic E-state index is 12.9. The zero-order valence-electron chi connectivity index (χ0n) is 21.8. The molecule has 7 nitrogen and oxygen atoms in total. The third-order valence-electron chi connectivity index (χ3n) is 5.70. The summed E-state index contributed by atoms with van der Waals surface area (Å²) in [5, 5.41) is 14.4. The van der Waals surface area contributed by atoms with Gasteiger partial charge < -0.3 is 14.6 Å². The summed E-state index contributed by atoms with van der Waals surface area (Å²) in [5.74, 6) is -0.614. The zero-order valence-corrected chi connectivity index (χ0v) is 24.1.